The molecule has 1 fully saturated rings. The van der Waals surface area contributed by atoms with Crippen molar-refractivity contribution in [2.45, 2.75) is 12.5 Å². The number of ether oxygens (including phenoxy) is 1. The number of aromatic nitrogens is 3. The van der Waals surface area contributed by atoms with E-state index in [0.717, 1.165) is 31.0 Å². The molecular formula is C13H17N5O. The summed E-state index contributed by atoms with van der Waals surface area (Å²) in [4.78, 5) is 0. The second kappa shape index (κ2) is 5.48. The monoisotopic (exact) mass is 259 g/mol. The molecule has 0 amide bonds. The summed E-state index contributed by atoms with van der Waals surface area (Å²) in [6, 6.07) is 9.92. The fourth-order valence-electron chi connectivity index (χ4n) is 2.50. The molecule has 1 aromatic carbocycles. The Morgan fingerprint density at radius 2 is 2.21 bits per heavy atom. The SMILES string of the molecule is NNC(c1cnnn1-c1ccccc1)C1CCOC1. The van der Waals surface area contributed by atoms with Crippen molar-refractivity contribution >= 4 is 0 Å². The fraction of sp³-hybridized carbons (Fsp3) is 0.385. The first-order valence-electron chi connectivity index (χ1n) is 6.40. The highest BCUT2D eigenvalue weighted by molar-refractivity contribution is 5.32. The fourth-order valence-corrected chi connectivity index (χ4v) is 2.50. The molecule has 1 saturated heterocycles. The third kappa shape index (κ3) is 2.37. The lowest BCUT2D eigenvalue weighted by atomic mass is 9.97. The molecule has 6 heteroatoms. The zero-order chi connectivity index (χ0) is 13.1. The molecule has 1 aliphatic rings. The van der Waals surface area contributed by atoms with Crippen LogP contribution in [-0.2, 0) is 4.74 Å². The first kappa shape index (κ1) is 12.3. The summed E-state index contributed by atoms with van der Waals surface area (Å²) < 4.78 is 7.26. The normalized spacial score (nSPS) is 20.6. The predicted molar refractivity (Wildman–Crippen MR) is 70.3 cm³/mol. The van der Waals surface area contributed by atoms with Gasteiger partial charge in [0.1, 0.15) is 0 Å². The highest BCUT2D eigenvalue weighted by Gasteiger charge is 2.29. The molecule has 1 aliphatic heterocycles. The van der Waals surface area contributed by atoms with Crippen LogP contribution in [0.3, 0.4) is 0 Å². The summed E-state index contributed by atoms with van der Waals surface area (Å²) in [6.07, 6.45) is 2.75. The summed E-state index contributed by atoms with van der Waals surface area (Å²) in [7, 11) is 0. The average molecular weight is 259 g/mol. The molecule has 6 nitrogen and oxygen atoms in total. The molecule has 2 unspecified atom stereocenters. The van der Waals surface area contributed by atoms with Gasteiger partial charge in [-0.3, -0.25) is 11.3 Å². The molecule has 3 N–H and O–H groups in total. The molecule has 3 rings (SSSR count). The minimum atomic E-state index is -0.00212. The number of hydrogen-bond acceptors (Lipinski definition) is 5. The Balaban J connectivity index is 1.94. The van der Waals surface area contributed by atoms with Crippen LogP contribution in [0.15, 0.2) is 36.5 Å². The molecular weight excluding hydrogens is 242 g/mol. The van der Waals surface area contributed by atoms with Gasteiger partial charge in [0.05, 0.1) is 30.2 Å². The van der Waals surface area contributed by atoms with Crippen molar-refractivity contribution < 1.29 is 4.74 Å². The maximum absolute atomic E-state index is 5.72. The van der Waals surface area contributed by atoms with Crippen LogP contribution >= 0.6 is 0 Å². The molecule has 2 atom stereocenters. The quantitative estimate of drug-likeness (QED) is 0.627. The molecule has 0 spiro atoms. The Morgan fingerprint density at radius 3 is 2.89 bits per heavy atom. The van der Waals surface area contributed by atoms with E-state index in [9.17, 15) is 0 Å². The summed E-state index contributed by atoms with van der Waals surface area (Å²) in [5.41, 5.74) is 4.82. The van der Waals surface area contributed by atoms with E-state index >= 15 is 0 Å². The third-order valence-corrected chi connectivity index (χ3v) is 3.51. The molecule has 19 heavy (non-hydrogen) atoms. The molecule has 2 heterocycles. The standard InChI is InChI=1S/C13H17N5O/c14-16-13(10-6-7-19-9-10)12-8-15-17-18(12)11-4-2-1-3-5-11/h1-5,8,10,13,16H,6-7,9,14H2. The van der Waals surface area contributed by atoms with Crippen LogP contribution in [-0.4, -0.2) is 28.2 Å². The van der Waals surface area contributed by atoms with Gasteiger partial charge in [0.2, 0.25) is 0 Å². The van der Waals surface area contributed by atoms with Crippen molar-refractivity contribution in [2.75, 3.05) is 13.2 Å². The number of hydrogen-bond donors (Lipinski definition) is 2. The predicted octanol–water partition coefficient (Wildman–Crippen LogP) is 0.808. The number of nitrogens with zero attached hydrogens (tertiary/aromatic N) is 3. The summed E-state index contributed by atoms with van der Waals surface area (Å²) >= 11 is 0. The summed E-state index contributed by atoms with van der Waals surface area (Å²) in [6.45, 7) is 1.50. The first-order chi connectivity index (χ1) is 9.40. The van der Waals surface area contributed by atoms with Gasteiger partial charge in [0.15, 0.2) is 0 Å². The molecule has 1 aromatic heterocycles. The molecule has 100 valence electrons. The second-order valence-electron chi connectivity index (χ2n) is 4.67. The van der Waals surface area contributed by atoms with Gasteiger partial charge < -0.3 is 4.74 Å². The van der Waals surface area contributed by atoms with Gasteiger partial charge >= 0.3 is 0 Å². The number of benzene rings is 1. The molecule has 0 radical (unpaired) electrons. The van der Waals surface area contributed by atoms with Crippen LogP contribution in [0.1, 0.15) is 18.2 Å². The van der Waals surface area contributed by atoms with Crippen LogP contribution in [0, 0.1) is 5.92 Å². The lowest BCUT2D eigenvalue weighted by Crippen LogP contribution is -2.35. The van der Waals surface area contributed by atoms with E-state index in [1.165, 1.54) is 0 Å². The van der Waals surface area contributed by atoms with Gasteiger partial charge in [-0.05, 0) is 18.6 Å². The van der Waals surface area contributed by atoms with E-state index in [1.54, 1.807) is 6.20 Å². The minimum absolute atomic E-state index is 0.00212. The average Bonchev–Trinajstić information content (AvgIpc) is 3.12. The van der Waals surface area contributed by atoms with E-state index in [4.69, 9.17) is 10.6 Å². The van der Waals surface area contributed by atoms with E-state index in [0.29, 0.717) is 5.92 Å². The first-order valence-corrected chi connectivity index (χ1v) is 6.40. The topological polar surface area (TPSA) is 78.0 Å². The van der Waals surface area contributed by atoms with Crippen molar-refractivity contribution in [1.29, 1.82) is 0 Å². The maximum Gasteiger partial charge on any atom is 0.0832 e. The van der Waals surface area contributed by atoms with Gasteiger partial charge in [-0.15, -0.1) is 5.10 Å². The highest BCUT2D eigenvalue weighted by atomic mass is 16.5. The highest BCUT2D eigenvalue weighted by Crippen LogP contribution is 2.28. The minimum Gasteiger partial charge on any atom is -0.381 e. The number of nitrogens with two attached hydrogens (primary N) is 1. The van der Waals surface area contributed by atoms with E-state index < -0.39 is 0 Å². The van der Waals surface area contributed by atoms with Gasteiger partial charge in [-0.2, -0.15) is 0 Å². The van der Waals surface area contributed by atoms with Crippen LogP contribution in [0.4, 0.5) is 0 Å². The van der Waals surface area contributed by atoms with Crippen molar-refractivity contribution in [3.8, 4) is 5.69 Å². The van der Waals surface area contributed by atoms with Gasteiger partial charge in [-0.1, -0.05) is 23.4 Å². The van der Waals surface area contributed by atoms with Crippen molar-refractivity contribution in [2.24, 2.45) is 11.8 Å². The van der Waals surface area contributed by atoms with Gasteiger partial charge in [-0.25, -0.2) is 4.68 Å². The zero-order valence-corrected chi connectivity index (χ0v) is 10.6. The Hall–Kier alpha value is -1.76. The van der Waals surface area contributed by atoms with Crippen LogP contribution in [0.2, 0.25) is 0 Å². The Labute approximate surface area is 111 Å². The summed E-state index contributed by atoms with van der Waals surface area (Å²) in [5.74, 6) is 6.07. The maximum atomic E-state index is 5.72. The number of nitrogens with one attached hydrogen (secondary N) is 1. The second-order valence-corrected chi connectivity index (χ2v) is 4.67. The van der Waals surface area contributed by atoms with E-state index in [2.05, 4.69) is 15.7 Å². The third-order valence-electron chi connectivity index (χ3n) is 3.51. The number of para-hydroxylation sites is 1. The molecule has 2 aromatic rings. The number of hydrazine groups is 1. The van der Waals surface area contributed by atoms with Crippen molar-refractivity contribution in [1.82, 2.24) is 20.4 Å². The van der Waals surface area contributed by atoms with Gasteiger partial charge in [0, 0.05) is 12.5 Å². The Morgan fingerprint density at radius 1 is 1.37 bits per heavy atom. The Bertz CT molecular complexity index is 521. The molecule has 0 saturated carbocycles. The lowest BCUT2D eigenvalue weighted by molar-refractivity contribution is 0.176. The number of rotatable bonds is 4. The van der Waals surface area contributed by atoms with E-state index in [1.807, 2.05) is 35.0 Å². The van der Waals surface area contributed by atoms with Gasteiger partial charge in [0.25, 0.3) is 0 Å². The van der Waals surface area contributed by atoms with Crippen LogP contribution in [0.5, 0.6) is 0 Å². The smallest absolute Gasteiger partial charge is 0.0832 e. The molecule has 0 aliphatic carbocycles. The Kier molecular flexibility index (Phi) is 3.54. The van der Waals surface area contributed by atoms with Crippen LogP contribution in [0.25, 0.3) is 5.69 Å². The van der Waals surface area contributed by atoms with Crippen molar-refractivity contribution in [3.63, 3.8) is 0 Å². The van der Waals surface area contributed by atoms with E-state index in [-0.39, 0.29) is 6.04 Å². The zero-order valence-electron chi connectivity index (χ0n) is 10.6. The largest absolute Gasteiger partial charge is 0.381 e. The molecule has 0 bridgehead atoms. The summed E-state index contributed by atoms with van der Waals surface area (Å²) in [5, 5.41) is 8.17. The van der Waals surface area contributed by atoms with Crippen molar-refractivity contribution in [3.05, 3.63) is 42.2 Å². The van der Waals surface area contributed by atoms with Crippen LogP contribution < -0.4 is 11.3 Å². The lowest BCUT2D eigenvalue weighted by Gasteiger charge is -2.21.